The van der Waals surface area contributed by atoms with Crippen molar-refractivity contribution in [2.24, 2.45) is 5.73 Å². The number of esters is 1. The van der Waals surface area contributed by atoms with Gasteiger partial charge in [-0.05, 0) is 18.2 Å². The summed E-state index contributed by atoms with van der Waals surface area (Å²) in [6.45, 7) is -0.454. The van der Waals surface area contributed by atoms with Crippen LogP contribution in [0.5, 0.6) is 0 Å². The molecule has 0 unspecified atom stereocenters. The van der Waals surface area contributed by atoms with Gasteiger partial charge in [0.2, 0.25) is 0 Å². The highest BCUT2D eigenvalue weighted by atomic mass is 79.9. The maximum absolute atomic E-state index is 11.4. The van der Waals surface area contributed by atoms with Gasteiger partial charge in [-0.2, -0.15) is 0 Å². The number of hydrogen-bond donors (Lipinski definition) is 2. The van der Waals surface area contributed by atoms with Crippen LogP contribution >= 0.6 is 15.9 Å². The van der Waals surface area contributed by atoms with Crippen LogP contribution in [0.25, 0.3) is 0 Å². The number of benzene rings is 1. The molecule has 6 heteroatoms. The molecule has 1 amide bonds. The van der Waals surface area contributed by atoms with Crippen LogP contribution in [0, 0.1) is 0 Å². The fourth-order valence-electron chi connectivity index (χ4n) is 0.920. The topological polar surface area (TPSA) is 95.4 Å². The third-order valence-corrected chi connectivity index (χ3v) is 2.07. The Labute approximate surface area is 94.5 Å². The number of nitrogens with two attached hydrogens (primary N) is 2. The molecular formula is C9H9BrN2O3. The van der Waals surface area contributed by atoms with Crippen LogP contribution in [0.15, 0.2) is 22.7 Å². The molecule has 15 heavy (non-hydrogen) atoms. The lowest BCUT2D eigenvalue weighted by atomic mass is 10.2. The van der Waals surface area contributed by atoms with Crippen LogP contribution in [0.2, 0.25) is 0 Å². The minimum Gasteiger partial charge on any atom is -0.452 e. The smallest absolute Gasteiger partial charge is 0.340 e. The van der Waals surface area contributed by atoms with Crippen molar-refractivity contribution >= 4 is 33.5 Å². The molecule has 0 bridgehead atoms. The van der Waals surface area contributed by atoms with Gasteiger partial charge in [-0.3, -0.25) is 4.79 Å². The van der Waals surface area contributed by atoms with Crippen molar-refractivity contribution < 1.29 is 14.3 Å². The number of halogens is 1. The van der Waals surface area contributed by atoms with Crippen molar-refractivity contribution in [1.82, 2.24) is 0 Å². The van der Waals surface area contributed by atoms with E-state index in [1.54, 1.807) is 12.1 Å². The van der Waals surface area contributed by atoms with E-state index in [2.05, 4.69) is 20.7 Å². The molecule has 0 fully saturated rings. The van der Waals surface area contributed by atoms with E-state index < -0.39 is 18.5 Å². The van der Waals surface area contributed by atoms with Crippen molar-refractivity contribution in [2.45, 2.75) is 0 Å². The largest absolute Gasteiger partial charge is 0.452 e. The first-order chi connectivity index (χ1) is 7.00. The quantitative estimate of drug-likeness (QED) is 0.625. The van der Waals surface area contributed by atoms with Crippen molar-refractivity contribution in [1.29, 1.82) is 0 Å². The predicted octanol–water partition coefficient (Wildman–Crippen LogP) is 0.673. The zero-order valence-electron chi connectivity index (χ0n) is 7.70. The van der Waals surface area contributed by atoms with Gasteiger partial charge < -0.3 is 16.2 Å². The molecular weight excluding hydrogens is 264 g/mol. The second-order valence-corrected chi connectivity index (χ2v) is 3.69. The molecule has 1 aromatic rings. The average molecular weight is 273 g/mol. The maximum atomic E-state index is 11.4. The lowest BCUT2D eigenvalue weighted by molar-refractivity contribution is -0.121. The molecule has 0 spiro atoms. The number of carbonyl (C=O) groups is 2. The summed E-state index contributed by atoms with van der Waals surface area (Å²) in [5.41, 5.74) is 10.9. The van der Waals surface area contributed by atoms with Gasteiger partial charge in [0, 0.05) is 10.2 Å². The Kier molecular flexibility index (Phi) is 3.68. The molecule has 0 heterocycles. The van der Waals surface area contributed by atoms with Crippen molar-refractivity contribution in [2.75, 3.05) is 12.3 Å². The minimum atomic E-state index is -0.711. The summed E-state index contributed by atoms with van der Waals surface area (Å²) in [6, 6.07) is 4.77. The van der Waals surface area contributed by atoms with Crippen LogP contribution in [-0.2, 0) is 9.53 Å². The number of anilines is 1. The van der Waals surface area contributed by atoms with Crippen molar-refractivity contribution in [3.05, 3.63) is 28.2 Å². The fraction of sp³-hybridized carbons (Fsp3) is 0.111. The van der Waals surface area contributed by atoms with E-state index in [0.29, 0.717) is 4.47 Å². The Morgan fingerprint density at radius 3 is 2.67 bits per heavy atom. The minimum absolute atomic E-state index is 0.200. The summed E-state index contributed by atoms with van der Waals surface area (Å²) in [4.78, 5) is 21.8. The molecule has 0 radical (unpaired) electrons. The number of rotatable bonds is 3. The summed E-state index contributed by atoms with van der Waals surface area (Å²) in [7, 11) is 0. The van der Waals surface area contributed by atoms with Crippen LogP contribution in [0.1, 0.15) is 10.4 Å². The van der Waals surface area contributed by atoms with Gasteiger partial charge in [0.25, 0.3) is 5.91 Å². The molecule has 0 atom stereocenters. The molecule has 0 saturated carbocycles. The number of carbonyl (C=O) groups excluding carboxylic acids is 2. The third kappa shape index (κ3) is 3.25. The van der Waals surface area contributed by atoms with Crippen molar-refractivity contribution in [3.63, 3.8) is 0 Å². The number of nitrogen functional groups attached to an aromatic ring is 1. The first-order valence-corrected chi connectivity index (χ1v) is 4.80. The van der Waals surface area contributed by atoms with E-state index in [9.17, 15) is 9.59 Å². The van der Waals surface area contributed by atoms with Crippen LogP contribution in [-0.4, -0.2) is 18.5 Å². The van der Waals surface area contributed by atoms with Gasteiger partial charge >= 0.3 is 5.97 Å². The Hall–Kier alpha value is -1.56. The average Bonchev–Trinajstić information content (AvgIpc) is 2.18. The first-order valence-electron chi connectivity index (χ1n) is 4.01. The standard InChI is InChI=1S/C9H9BrN2O3/c10-5-1-2-7(11)6(3-5)9(14)15-4-8(12)13/h1-3H,4,11H2,(H2,12,13). The fourth-order valence-corrected chi connectivity index (χ4v) is 1.28. The van der Waals surface area contributed by atoms with Gasteiger partial charge in [0.15, 0.2) is 6.61 Å². The van der Waals surface area contributed by atoms with Crippen LogP contribution in [0.4, 0.5) is 5.69 Å². The summed E-state index contributed by atoms with van der Waals surface area (Å²) >= 11 is 3.19. The highest BCUT2D eigenvalue weighted by Gasteiger charge is 2.12. The number of ether oxygens (including phenoxy) is 1. The molecule has 4 N–H and O–H groups in total. The third-order valence-electron chi connectivity index (χ3n) is 1.58. The van der Waals surface area contributed by atoms with E-state index in [1.807, 2.05) is 0 Å². The van der Waals surface area contributed by atoms with E-state index in [0.717, 1.165) is 0 Å². The van der Waals surface area contributed by atoms with Gasteiger partial charge in [0.05, 0.1) is 5.56 Å². The number of hydrogen-bond acceptors (Lipinski definition) is 4. The summed E-state index contributed by atoms with van der Waals surface area (Å²) < 4.78 is 5.31. The second kappa shape index (κ2) is 4.79. The monoisotopic (exact) mass is 272 g/mol. The Morgan fingerprint density at radius 2 is 2.07 bits per heavy atom. The Balaban J connectivity index is 2.81. The molecule has 1 rings (SSSR count). The Morgan fingerprint density at radius 1 is 1.40 bits per heavy atom. The summed E-state index contributed by atoms with van der Waals surface area (Å²) in [5.74, 6) is -1.38. The molecule has 5 nitrogen and oxygen atoms in total. The van der Waals surface area contributed by atoms with E-state index in [1.165, 1.54) is 6.07 Å². The van der Waals surface area contributed by atoms with Gasteiger partial charge in [-0.15, -0.1) is 0 Å². The van der Waals surface area contributed by atoms with Crippen molar-refractivity contribution in [3.8, 4) is 0 Å². The van der Waals surface area contributed by atoms with Crippen LogP contribution < -0.4 is 11.5 Å². The lowest BCUT2D eigenvalue weighted by Crippen LogP contribution is -2.21. The molecule has 0 saturated heterocycles. The molecule has 80 valence electrons. The normalized spacial score (nSPS) is 9.67. The molecule has 0 aromatic heterocycles. The number of amides is 1. The van der Waals surface area contributed by atoms with Gasteiger partial charge in [-0.1, -0.05) is 15.9 Å². The molecule has 0 aliphatic heterocycles. The SMILES string of the molecule is NC(=O)COC(=O)c1cc(Br)ccc1N. The highest BCUT2D eigenvalue weighted by molar-refractivity contribution is 9.10. The highest BCUT2D eigenvalue weighted by Crippen LogP contribution is 2.19. The summed E-state index contributed by atoms with van der Waals surface area (Å²) in [6.07, 6.45) is 0. The van der Waals surface area contributed by atoms with E-state index >= 15 is 0 Å². The maximum Gasteiger partial charge on any atom is 0.340 e. The van der Waals surface area contributed by atoms with E-state index in [4.69, 9.17) is 11.5 Å². The predicted molar refractivity (Wildman–Crippen MR) is 58.0 cm³/mol. The summed E-state index contributed by atoms with van der Waals surface area (Å²) in [5, 5.41) is 0. The molecule has 0 aliphatic rings. The van der Waals surface area contributed by atoms with Crippen LogP contribution in [0.3, 0.4) is 0 Å². The lowest BCUT2D eigenvalue weighted by Gasteiger charge is -2.05. The molecule has 0 aliphatic carbocycles. The second-order valence-electron chi connectivity index (χ2n) is 2.77. The Bertz CT molecular complexity index is 406. The molecule has 1 aromatic carbocycles. The van der Waals surface area contributed by atoms with Gasteiger partial charge in [-0.25, -0.2) is 4.79 Å². The van der Waals surface area contributed by atoms with Gasteiger partial charge in [0.1, 0.15) is 0 Å². The first kappa shape index (κ1) is 11.5. The zero-order valence-corrected chi connectivity index (χ0v) is 9.28. The zero-order chi connectivity index (χ0) is 11.4. The van der Waals surface area contributed by atoms with E-state index in [-0.39, 0.29) is 11.3 Å². The number of primary amides is 1.